The first-order valence-corrected chi connectivity index (χ1v) is 15.8. The SMILES string of the molecule is CO[Si](CCC[Si](OC)(c1ccccc1)c1ccccc1)(c1ccccc1)c1ccccc1. The van der Waals surface area contributed by atoms with E-state index >= 15 is 0 Å². The maximum atomic E-state index is 6.48. The average molecular weight is 469 g/mol. The van der Waals surface area contributed by atoms with Crippen molar-refractivity contribution in [1.82, 2.24) is 0 Å². The van der Waals surface area contributed by atoms with E-state index in [0.29, 0.717) is 0 Å². The lowest BCUT2D eigenvalue weighted by molar-refractivity contribution is 0.407. The summed E-state index contributed by atoms with van der Waals surface area (Å²) in [5.74, 6) is 0. The summed E-state index contributed by atoms with van der Waals surface area (Å²) < 4.78 is 13.0. The third kappa shape index (κ3) is 4.80. The smallest absolute Gasteiger partial charge is 0.255 e. The summed E-state index contributed by atoms with van der Waals surface area (Å²) >= 11 is 0. The van der Waals surface area contributed by atoms with Gasteiger partial charge in [0.05, 0.1) is 0 Å². The zero-order valence-electron chi connectivity index (χ0n) is 19.5. The second-order valence-corrected chi connectivity index (χ2v) is 15.8. The monoisotopic (exact) mass is 468 g/mol. The molecule has 0 aromatic heterocycles. The maximum absolute atomic E-state index is 6.48. The molecule has 4 aromatic carbocycles. The molecule has 0 aliphatic rings. The van der Waals surface area contributed by atoms with Crippen molar-refractivity contribution >= 4 is 37.4 Å². The van der Waals surface area contributed by atoms with Crippen molar-refractivity contribution in [2.24, 2.45) is 0 Å². The summed E-state index contributed by atoms with van der Waals surface area (Å²) in [7, 11) is -0.958. The maximum Gasteiger partial charge on any atom is 0.255 e. The summed E-state index contributed by atoms with van der Waals surface area (Å²) in [6, 6.07) is 45.2. The van der Waals surface area contributed by atoms with Gasteiger partial charge in [-0.3, -0.25) is 0 Å². The minimum absolute atomic E-state index is 1.01. The molecule has 2 nitrogen and oxygen atoms in total. The third-order valence-corrected chi connectivity index (χ3v) is 15.3. The Morgan fingerprint density at radius 1 is 0.424 bits per heavy atom. The molecule has 0 radical (unpaired) electrons. The molecule has 0 spiro atoms. The van der Waals surface area contributed by atoms with Crippen molar-refractivity contribution < 1.29 is 8.85 Å². The van der Waals surface area contributed by atoms with E-state index in [1.54, 1.807) is 0 Å². The highest BCUT2D eigenvalue weighted by molar-refractivity contribution is 6.98. The summed E-state index contributed by atoms with van der Waals surface area (Å²) in [4.78, 5) is 0. The number of rotatable bonds is 10. The molecule has 0 fully saturated rings. The van der Waals surface area contributed by atoms with Gasteiger partial charge in [0.2, 0.25) is 0 Å². The molecule has 0 amide bonds. The second-order valence-electron chi connectivity index (χ2n) is 8.38. The van der Waals surface area contributed by atoms with E-state index in [2.05, 4.69) is 121 Å². The van der Waals surface area contributed by atoms with Crippen molar-refractivity contribution in [3.05, 3.63) is 121 Å². The van der Waals surface area contributed by atoms with E-state index in [-0.39, 0.29) is 0 Å². The van der Waals surface area contributed by atoms with Crippen molar-refractivity contribution in [2.75, 3.05) is 14.2 Å². The van der Waals surface area contributed by atoms with E-state index in [9.17, 15) is 0 Å². The first kappa shape index (κ1) is 23.4. The van der Waals surface area contributed by atoms with Crippen LogP contribution in [0.3, 0.4) is 0 Å². The Bertz CT molecular complexity index is 933. The Kier molecular flexibility index (Phi) is 7.73. The van der Waals surface area contributed by atoms with Gasteiger partial charge in [-0.25, -0.2) is 0 Å². The van der Waals surface area contributed by atoms with Gasteiger partial charge < -0.3 is 8.85 Å². The van der Waals surface area contributed by atoms with Crippen LogP contribution >= 0.6 is 0 Å². The molecule has 0 unspecified atom stereocenters. The summed E-state index contributed by atoms with van der Waals surface area (Å²) in [5, 5.41) is 5.29. The summed E-state index contributed by atoms with van der Waals surface area (Å²) in [5.41, 5.74) is 0. The van der Waals surface area contributed by atoms with Crippen molar-refractivity contribution in [1.29, 1.82) is 0 Å². The van der Waals surface area contributed by atoms with Crippen LogP contribution in [0, 0.1) is 0 Å². The molecular formula is C29H32O2Si2. The lowest BCUT2D eigenvalue weighted by Crippen LogP contribution is -2.62. The Balaban J connectivity index is 1.70. The Labute approximate surface area is 200 Å². The van der Waals surface area contributed by atoms with Crippen LogP contribution in [-0.4, -0.2) is 30.9 Å². The molecule has 0 aliphatic heterocycles. The van der Waals surface area contributed by atoms with E-state index in [1.165, 1.54) is 20.7 Å². The predicted molar refractivity (Wildman–Crippen MR) is 144 cm³/mol. The largest absolute Gasteiger partial charge is 0.411 e. The average Bonchev–Trinajstić information content (AvgIpc) is 2.91. The van der Waals surface area contributed by atoms with Gasteiger partial charge in [-0.2, -0.15) is 0 Å². The van der Waals surface area contributed by atoms with Gasteiger partial charge in [-0.1, -0.05) is 128 Å². The van der Waals surface area contributed by atoms with Crippen LogP contribution in [-0.2, 0) is 8.85 Å². The lowest BCUT2D eigenvalue weighted by atomic mass is 10.4. The molecule has 0 atom stereocenters. The summed E-state index contributed by atoms with van der Waals surface area (Å²) in [6.45, 7) is 0. The molecule has 0 heterocycles. The Morgan fingerprint density at radius 3 is 0.879 bits per heavy atom. The molecule has 0 aliphatic carbocycles. The minimum atomic E-state index is -2.37. The van der Waals surface area contributed by atoms with Crippen LogP contribution in [0.2, 0.25) is 12.1 Å². The first-order chi connectivity index (χ1) is 16.2. The molecule has 4 heteroatoms. The molecule has 4 aromatic rings. The third-order valence-electron chi connectivity index (χ3n) is 6.72. The van der Waals surface area contributed by atoms with Crippen LogP contribution in [0.4, 0.5) is 0 Å². The van der Waals surface area contributed by atoms with Crippen LogP contribution in [0.5, 0.6) is 0 Å². The zero-order chi connectivity index (χ0) is 23.0. The number of benzene rings is 4. The van der Waals surface area contributed by atoms with Crippen LogP contribution in [0.25, 0.3) is 0 Å². The number of hydrogen-bond donors (Lipinski definition) is 0. The highest BCUT2D eigenvalue weighted by Gasteiger charge is 2.42. The van der Waals surface area contributed by atoms with Gasteiger partial charge in [-0.15, -0.1) is 0 Å². The topological polar surface area (TPSA) is 18.5 Å². The van der Waals surface area contributed by atoms with Gasteiger partial charge in [0.15, 0.2) is 0 Å². The quantitative estimate of drug-likeness (QED) is 0.325. The van der Waals surface area contributed by atoms with Crippen molar-refractivity contribution in [3.8, 4) is 0 Å². The predicted octanol–water partition coefficient (Wildman–Crippen LogP) is 4.19. The highest BCUT2D eigenvalue weighted by atomic mass is 28.4. The Morgan fingerprint density at radius 2 is 0.667 bits per heavy atom. The Hall–Kier alpha value is -2.77. The van der Waals surface area contributed by atoms with E-state index in [1.807, 2.05) is 14.2 Å². The first-order valence-electron chi connectivity index (χ1n) is 11.6. The molecule has 0 saturated carbocycles. The fraction of sp³-hybridized carbons (Fsp3) is 0.172. The number of hydrogen-bond acceptors (Lipinski definition) is 2. The van der Waals surface area contributed by atoms with Crippen LogP contribution in [0.15, 0.2) is 121 Å². The molecule has 0 saturated heterocycles. The minimum Gasteiger partial charge on any atom is -0.411 e. The van der Waals surface area contributed by atoms with Crippen molar-refractivity contribution in [2.45, 2.75) is 18.5 Å². The van der Waals surface area contributed by atoms with Gasteiger partial charge in [0, 0.05) is 14.2 Å². The highest BCUT2D eigenvalue weighted by Crippen LogP contribution is 2.22. The molecule has 4 rings (SSSR count). The van der Waals surface area contributed by atoms with Gasteiger partial charge in [0.1, 0.15) is 0 Å². The normalized spacial score (nSPS) is 11.9. The molecular weight excluding hydrogens is 436 g/mol. The fourth-order valence-corrected chi connectivity index (χ4v) is 12.8. The van der Waals surface area contributed by atoms with E-state index in [0.717, 1.165) is 18.5 Å². The standard InChI is InChI=1S/C29H32O2Si2/c1-30-32(26-16-7-3-8-17-26,27-18-9-4-10-19-27)24-15-25-33(31-2,28-20-11-5-12-21-28)29-22-13-6-14-23-29/h3-14,16-23H,15,24-25H2,1-2H3. The summed E-state index contributed by atoms with van der Waals surface area (Å²) in [6.07, 6.45) is 1.04. The van der Waals surface area contributed by atoms with Crippen LogP contribution in [0.1, 0.15) is 6.42 Å². The van der Waals surface area contributed by atoms with Gasteiger partial charge >= 0.3 is 0 Å². The molecule has 168 valence electrons. The molecule has 0 N–H and O–H groups in total. The van der Waals surface area contributed by atoms with Crippen molar-refractivity contribution in [3.63, 3.8) is 0 Å². The molecule has 0 bridgehead atoms. The fourth-order valence-electron chi connectivity index (χ4n) is 5.00. The lowest BCUT2D eigenvalue weighted by Gasteiger charge is -2.34. The van der Waals surface area contributed by atoms with Gasteiger partial charge in [0.25, 0.3) is 16.6 Å². The van der Waals surface area contributed by atoms with E-state index < -0.39 is 16.6 Å². The molecule has 33 heavy (non-hydrogen) atoms. The van der Waals surface area contributed by atoms with Crippen LogP contribution < -0.4 is 20.7 Å². The second kappa shape index (κ2) is 10.9. The zero-order valence-corrected chi connectivity index (χ0v) is 21.5. The van der Waals surface area contributed by atoms with Gasteiger partial charge in [-0.05, 0) is 32.8 Å². The van der Waals surface area contributed by atoms with E-state index in [4.69, 9.17) is 8.85 Å².